The molecule has 0 radical (unpaired) electrons. The quantitative estimate of drug-likeness (QED) is 0.0820. The molecular formula is C133H88N6O4. The Kier molecular flexibility index (Phi) is 23.5. The van der Waals surface area contributed by atoms with Gasteiger partial charge in [0.1, 0.15) is 39.2 Å². The number of furan rings is 3. The summed E-state index contributed by atoms with van der Waals surface area (Å²) in [5.74, 6) is 0.790. The van der Waals surface area contributed by atoms with E-state index in [1.807, 2.05) is 115 Å². The second kappa shape index (κ2) is 38.8. The van der Waals surface area contributed by atoms with Crippen molar-refractivity contribution < 1.29 is 18.0 Å². The van der Waals surface area contributed by atoms with E-state index in [1.165, 1.54) is 22.3 Å². The van der Waals surface area contributed by atoms with Gasteiger partial charge in [-0.1, -0.05) is 376 Å². The largest absolute Gasteiger partial charge is 0.497 e. The maximum Gasteiger partial charge on any atom is 0.161 e. The summed E-state index contributed by atoms with van der Waals surface area (Å²) in [5, 5.41) is 5.26. The molecule has 26 rings (SSSR count). The number of benzene rings is 17. The van der Waals surface area contributed by atoms with Crippen LogP contribution in [-0.4, -0.2) is 37.0 Å². The number of rotatable bonds is 18. The highest BCUT2D eigenvalue weighted by Crippen LogP contribution is 2.45. The molecule has 0 atom stereocenters. The number of hydrogen-bond acceptors (Lipinski definition) is 10. The van der Waals surface area contributed by atoms with E-state index in [-0.39, 0.29) is 0 Å². The van der Waals surface area contributed by atoms with E-state index in [0.29, 0.717) is 0 Å². The monoisotopic (exact) mass is 1830 g/mol. The molecule has 0 N–H and O–H groups in total. The highest BCUT2D eigenvalue weighted by Gasteiger charge is 2.22. The summed E-state index contributed by atoms with van der Waals surface area (Å²) in [6, 6.07) is 175. The molecule has 0 aliphatic carbocycles. The van der Waals surface area contributed by atoms with Crippen molar-refractivity contribution in [3.05, 3.63) is 516 Å². The molecule has 0 spiro atoms. The van der Waals surface area contributed by atoms with Crippen molar-refractivity contribution in [3.63, 3.8) is 0 Å². The van der Waals surface area contributed by atoms with Crippen LogP contribution >= 0.6 is 0 Å². The lowest BCUT2D eigenvalue weighted by atomic mass is 9.94. The van der Waals surface area contributed by atoms with Crippen LogP contribution in [0.25, 0.3) is 256 Å². The third-order valence-electron chi connectivity index (χ3n) is 26.5. The van der Waals surface area contributed by atoms with Crippen molar-refractivity contribution in [2.45, 2.75) is 0 Å². The first-order chi connectivity index (χ1) is 70.7. The van der Waals surface area contributed by atoms with Crippen LogP contribution in [0.4, 0.5) is 0 Å². The molecule has 26 aromatic rings. The number of aromatic nitrogens is 6. The van der Waals surface area contributed by atoms with Gasteiger partial charge in [0.2, 0.25) is 0 Å². The Morgan fingerprint density at radius 2 is 0.497 bits per heavy atom. The van der Waals surface area contributed by atoms with Gasteiger partial charge in [-0.05, 0) is 211 Å². The molecule has 17 aromatic carbocycles. The topological polar surface area (TPSA) is 126 Å². The fraction of sp³-hybridized carbons (Fsp3) is 0.00752. The second-order valence-electron chi connectivity index (χ2n) is 35.5. The van der Waals surface area contributed by atoms with E-state index in [4.69, 9.17) is 47.9 Å². The van der Waals surface area contributed by atoms with Gasteiger partial charge in [0.25, 0.3) is 0 Å². The van der Waals surface area contributed by atoms with Crippen LogP contribution in [0.5, 0.6) is 5.75 Å². The summed E-state index contributed by atoms with van der Waals surface area (Å²) >= 11 is 0. The van der Waals surface area contributed by atoms with Crippen molar-refractivity contribution in [1.82, 2.24) is 29.9 Å². The van der Waals surface area contributed by atoms with Crippen molar-refractivity contribution in [3.8, 4) is 196 Å². The number of fused-ring (bicyclic) bond motifs is 9. The van der Waals surface area contributed by atoms with Crippen LogP contribution in [-0.2, 0) is 0 Å². The number of pyridine rings is 6. The van der Waals surface area contributed by atoms with Crippen molar-refractivity contribution >= 4 is 65.9 Å². The summed E-state index contributed by atoms with van der Waals surface area (Å²) in [6.07, 6.45) is 3.64. The molecule has 0 aliphatic rings. The molecule has 674 valence electrons. The van der Waals surface area contributed by atoms with E-state index in [9.17, 15) is 0 Å². The summed E-state index contributed by atoms with van der Waals surface area (Å²) in [7, 11) is 1.68. The molecule has 0 fully saturated rings. The molecule has 9 heterocycles. The van der Waals surface area contributed by atoms with E-state index >= 15 is 0 Å². The summed E-state index contributed by atoms with van der Waals surface area (Å²) in [4.78, 5) is 29.9. The van der Waals surface area contributed by atoms with Crippen LogP contribution in [0, 0.1) is 0 Å². The fourth-order valence-electron chi connectivity index (χ4n) is 19.1. The summed E-state index contributed by atoms with van der Waals surface area (Å²) in [6.45, 7) is 0. The van der Waals surface area contributed by atoms with Crippen LogP contribution in [0.15, 0.2) is 529 Å². The van der Waals surface area contributed by atoms with E-state index in [0.717, 1.165) is 240 Å². The fourth-order valence-corrected chi connectivity index (χ4v) is 19.1. The highest BCUT2D eigenvalue weighted by atomic mass is 16.5. The molecule has 0 bridgehead atoms. The van der Waals surface area contributed by atoms with Gasteiger partial charge in [-0.15, -0.1) is 0 Å². The average molecular weight is 1830 g/mol. The minimum atomic E-state index is 0.790. The molecule has 10 heteroatoms. The first-order valence-corrected chi connectivity index (χ1v) is 47.9. The Hall–Kier alpha value is -19.2. The van der Waals surface area contributed by atoms with Crippen LogP contribution in [0.3, 0.4) is 0 Å². The first kappa shape index (κ1) is 86.7. The maximum absolute atomic E-state index is 6.40. The Morgan fingerprint density at radius 1 is 0.175 bits per heavy atom. The number of hydrogen-bond donors (Lipinski definition) is 0. The van der Waals surface area contributed by atoms with Gasteiger partial charge in [-0.25, -0.2) is 19.9 Å². The zero-order chi connectivity index (χ0) is 95.3. The molecule has 143 heavy (non-hydrogen) atoms. The van der Waals surface area contributed by atoms with Crippen molar-refractivity contribution in [2.24, 2.45) is 0 Å². The third kappa shape index (κ3) is 18.1. The smallest absolute Gasteiger partial charge is 0.161 e. The molecule has 0 saturated carbocycles. The van der Waals surface area contributed by atoms with Gasteiger partial charge < -0.3 is 18.0 Å². The van der Waals surface area contributed by atoms with E-state index < -0.39 is 0 Å². The molecule has 9 aromatic heterocycles. The standard InChI is InChI=1S/C47H32N2O2.C46H30N2O.C40H26N2O/c1-50-40-24-25-44-41(30-40)46-45(51-44)26-27-48-47(46)38-22-20-34(21-23-38)32-14-12-31(13-15-32)33-16-18-35(19-17-33)39-28-42(36-8-4-2-5-9-36)49-43(29-39)37-10-6-3-7-11-37;1-3-11-31(12-4-1)36-25-37(32-13-5-2-6-14-32)27-38(26-36)44-30-39(42-16-9-10-24-47-42)29-43(48-44)34-20-18-33(19-21-34)35-22-23-46-41(28-35)40-15-7-8-17-45(40)49-46;1-4-12-29(13-5-1)35-24-32(25-36(41-35)30-14-6-2-7-15-30)27-20-22-28(23-21-27)34-26-37(31-16-8-3-9-17-31)42-39-33-18-10-11-19-38(33)43-40(34)39/h2-30H,1H3;1-30H;1-26H. The van der Waals surface area contributed by atoms with Gasteiger partial charge in [0.15, 0.2) is 5.58 Å². The Balaban J connectivity index is 0.000000116. The summed E-state index contributed by atoms with van der Waals surface area (Å²) < 4.78 is 24.1. The maximum atomic E-state index is 6.40. The number of nitrogens with zero attached hydrogens (tertiary/aromatic N) is 6. The average Bonchev–Trinajstić information content (AvgIpc) is 1.62. The molecule has 0 unspecified atom stereocenters. The predicted octanol–water partition coefficient (Wildman–Crippen LogP) is 35.5. The molecular weight excluding hydrogens is 1750 g/mol. The number of ether oxygens (including phenoxy) is 1. The van der Waals surface area contributed by atoms with Crippen LogP contribution in [0.1, 0.15) is 0 Å². The number of methoxy groups -OCH3 is 1. The minimum absolute atomic E-state index is 0.790. The van der Waals surface area contributed by atoms with Gasteiger partial charge in [0.05, 0.1) is 63.7 Å². The Labute approximate surface area is 827 Å². The summed E-state index contributed by atoms with van der Waals surface area (Å²) in [5.41, 5.74) is 42.1. The van der Waals surface area contributed by atoms with E-state index in [1.54, 1.807) is 13.3 Å². The minimum Gasteiger partial charge on any atom is -0.497 e. The zero-order valence-electron chi connectivity index (χ0n) is 77.9. The van der Waals surface area contributed by atoms with Gasteiger partial charge in [-0.3, -0.25) is 9.97 Å². The molecule has 10 nitrogen and oxygen atoms in total. The zero-order valence-corrected chi connectivity index (χ0v) is 77.9. The second-order valence-corrected chi connectivity index (χ2v) is 35.5. The highest BCUT2D eigenvalue weighted by molar-refractivity contribution is 6.13. The molecule has 0 amide bonds. The molecule has 0 aliphatic heterocycles. The van der Waals surface area contributed by atoms with Crippen molar-refractivity contribution in [2.75, 3.05) is 7.11 Å². The Morgan fingerprint density at radius 3 is 0.965 bits per heavy atom. The van der Waals surface area contributed by atoms with E-state index in [2.05, 4.69) is 394 Å². The van der Waals surface area contributed by atoms with Crippen LogP contribution < -0.4 is 4.74 Å². The normalized spacial score (nSPS) is 11.3. The van der Waals surface area contributed by atoms with Crippen molar-refractivity contribution in [1.29, 1.82) is 0 Å². The predicted molar refractivity (Wildman–Crippen MR) is 587 cm³/mol. The third-order valence-corrected chi connectivity index (χ3v) is 26.5. The van der Waals surface area contributed by atoms with Gasteiger partial charge in [-0.2, -0.15) is 0 Å². The first-order valence-electron chi connectivity index (χ1n) is 47.9. The Bertz CT molecular complexity index is 8910. The lowest BCUT2D eigenvalue weighted by Gasteiger charge is -2.14. The number of para-hydroxylation sites is 2. The SMILES string of the molecule is COc1ccc2oc3ccnc(-c4ccc(-c5ccc(-c6ccc(-c7cc(-c8ccccc8)nc(-c8ccccc8)c7)cc6)cc5)cc4)c3c2c1.c1ccc(-c2cc(-c3ccc(-c4cc(-c5ccccc5)nc5c4oc4ccccc45)cc3)cc(-c3ccccc3)n2)cc1.c1ccc(-c2cc(-c3ccccc3)cc(-c3cc(-c4ccccn4)cc(-c4ccc(-c5ccc6oc7ccccc7c6c5)cc4)n3)c2)cc1. The van der Waals surface area contributed by atoms with Crippen LogP contribution in [0.2, 0.25) is 0 Å². The lowest BCUT2D eigenvalue weighted by Crippen LogP contribution is -1.94. The van der Waals surface area contributed by atoms with Gasteiger partial charge >= 0.3 is 0 Å². The molecule has 0 saturated heterocycles. The lowest BCUT2D eigenvalue weighted by molar-refractivity contribution is 0.415. The van der Waals surface area contributed by atoms with Gasteiger partial charge in [0, 0.05) is 89.6 Å².